The van der Waals surface area contributed by atoms with Gasteiger partial charge < -0.3 is 9.64 Å². The second-order valence-corrected chi connectivity index (χ2v) is 8.46. The Morgan fingerprint density at radius 2 is 1.82 bits per heavy atom. The van der Waals surface area contributed by atoms with Gasteiger partial charge in [0.15, 0.2) is 11.0 Å². The lowest BCUT2D eigenvalue weighted by Crippen LogP contribution is -2.30. The van der Waals surface area contributed by atoms with Crippen molar-refractivity contribution in [3.8, 4) is 22.8 Å². The maximum atomic E-state index is 13.0. The fourth-order valence-corrected chi connectivity index (χ4v) is 4.77. The highest BCUT2D eigenvalue weighted by atomic mass is 32.2. The number of rotatable bonds is 7. The van der Waals surface area contributed by atoms with Crippen LogP contribution < -0.4 is 9.64 Å². The first kappa shape index (κ1) is 21.2. The number of anilines is 1. The van der Waals surface area contributed by atoms with Crippen molar-refractivity contribution in [2.24, 2.45) is 0 Å². The second kappa shape index (κ2) is 9.46. The minimum absolute atomic E-state index is 0.0663. The average Bonchev–Trinajstić information content (AvgIpc) is 3.48. The zero-order chi connectivity index (χ0) is 22.6. The van der Waals surface area contributed by atoms with Crippen LogP contribution in [0.15, 0.2) is 78.2 Å². The summed E-state index contributed by atoms with van der Waals surface area (Å²) >= 11 is 1.39. The first-order chi connectivity index (χ1) is 16.2. The number of carbonyl (C=O) groups is 1. The number of fused-ring (bicyclic) bond motifs is 1. The van der Waals surface area contributed by atoms with Gasteiger partial charge in [-0.15, -0.1) is 10.2 Å². The van der Waals surface area contributed by atoms with E-state index in [1.54, 1.807) is 12.4 Å². The van der Waals surface area contributed by atoms with E-state index in [9.17, 15) is 4.79 Å². The number of ether oxygens (including phenoxy) is 1. The lowest BCUT2D eigenvalue weighted by molar-refractivity contribution is -0.116. The molecule has 0 unspecified atom stereocenters. The van der Waals surface area contributed by atoms with Crippen LogP contribution in [0.3, 0.4) is 0 Å². The van der Waals surface area contributed by atoms with Crippen molar-refractivity contribution in [1.82, 2.24) is 19.7 Å². The highest BCUT2D eigenvalue weighted by molar-refractivity contribution is 7.99. The summed E-state index contributed by atoms with van der Waals surface area (Å²) in [7, 11) is 0. The molecule has 1 aliphatic heterocycles. The van der Waals surface area contributed by atoms with Crippen molar-refractivity contribution in [3.63, 3.8) is 0 Å². The van der Waals surface area contributed by atoms with Gasteiger partial charge in [0.2, 0.25) is 5.91 Å². The van der Waals surface area contributed by atoms with E-state index in [4.69, 9.17) is 4.74 Å². The molecule has 33 heavy (non-hydrogen) atoms. The number of aromatic nitrogens is 4. The summed E-state index contributed by atoms with van der Waals surface area (Å²) in [5.74, 6) is 1.84. The molecule has 1 aliphatic rings. The normalized spacial score (nSPS) is 12.6. The molecule has 0 bridgehead atoms. The van der Waals surface area contributed by atoms with Gasteiger partial charge in [0.1, 0.15) is 5.75 Å². The second-order valence-electron chi connectivity index (χ2n) is 7.52. The molecule has 0 atom stereocenters. The molecule has 166 valence electrons. The molecule has 4 aromatic rings. The Bertz CT molecular complexity index is 1260. The van der Waals surface area contributed by atoms with Crippen LogP contribution >= 0.6 is 11.8 Å². The minimum atomic E-state index is 0.0663. The monoisotopic (exact) mass is 457 g/mol. The van der Waals surface area contributed by atoms with E-state index in [0.29, 0.717) is 24.1 Å². The van der Waals surface area contributed by atoms with E-state index in [1.165, 1.54) is 17.3 Å². The molecule has 0 radical (unpaired) electrons. The van der Waals surface area contributed by atoms with Gasteiger partial charge in [0.05, 0.1) is 12.4 Å². The largest absolute Gasteiger partial charge is 0.494 e. The first-order valence-electron chi connectivity index (χ1n) is 10.8. The van der Waals surface area contributed by atoms with Crippen LogP contribution in [0, 0.1) is 0 Å². The predicted molar refractivity (Wildman–Crippen MR) is 129 cm³/mol. The van der Waals surface area contributed by atoms with Crippen LogP contribution in [0.2, 0.25) is 0 Å². The Hall–Kier alpha value is -3.65. The molecule has 2 aromatic heterocycles. The third-order valence-electron chi connectivity index (χ3n) is 5.49. The van der Waals surface area contributed by atoms with Crippen LogP contribution in [-0.4, -0.2) is 44.6 Å². The molecule has 0 saturated carbocycles. The van der Waals surface area contributed by atoms with Crippen LogP contribution in [0.1, 0.15) is 12.5 Å². The molecular formula is C25H23N5O2S. The van der Waals surface area contributed by atoms with Crippen molar-refractivity contribution < 1.29 is 9.53 Å². The van der Waals surface area contributed by atoms with Gasteiger partial charge in [-0.25, -0.2) is 0 Å². The molecule has 0 saturated heterocycles. The van der Waals surface area contributed by atoms with E-state index in [1.807, 2.05) is 71.0 Å². The van der Waals surface area contributed by atoms with Crippen molar-refractivity contribution in [3.05, 3.63) is 78.6 Å². The highest BCUT2D eigenvalue weighted by Gasteiger charge is 2.25. The summed E-state index contributed by atoms with van der Waals surface area (Å²) in [6.07, 6.45) is 4.35. The van der Waals surface area contributed by atoms with Gasteiger partial charge in [0.25, 0.3) is 0 Å². The maximum Gasteiger partial charge on any atom is 0.237 e. The summed E-state index contributed by atoms with van der Waals surface area (Å²) in [5.41, 5.74) is 4.02. The van der Waals surface area contributed by atoms with Crippen LogP contribution in [0.25, 0.3) is 17.1 Å². The van der Waals surface area contributed by atoms with E-state index in [0.717, 1.165) is 29.1 Å². The number of amides is 1. The SMILES string of the molecule is CCOc1ccc(-n2c(SCC(=O)N3CCc4ccccc43)nnc2-c2ccncc2)cc1. The number of pyridine rings is 1. The molecule has 2 aromatic carbocycles. The summed E-state index contributed by atoms with van der Waals surface area (Å²) < 4.78 is 7.56. The summed E-state index contributed by atoms with van der Waals surface area (Å²) in [6.45, 7) is 3.28. The van der Waals surface area contributed by atoms with Crippen LogP contribution in [0.4, 0.5) is 5.69 Å². The van der Waals surface area contributed by atoms with Crippen molar-refractivity contribution in [1.29, 1.82) is 0 Å². The van der Waals surface area contributed by atoms with Gasteiger partial charge in [-0.1, -0.05) is 30.0 Å². The quantitative estimate of drug-likeness (QED) is 0.383. The van der Waals surface area contributed by atoms with Gasteiger partial charge in [-0.05, 0) is 61.4 Å². The molecule has 1 amide bonds. The highest BCUT2D eigenvalue weighted by Crippen LogP contribution is 2.31. The Morgan fingerprint density at radius 1 is 1.03 bits per heavy atom. The van der Waals surface area contributed by atoms with Crippen LogP contribution in [0.5, 0.6) is 5.75 Å². The van der Waals surface area contributed by atoms with Crippen molar-refractivity contribution in [2.75, 3.05) is 23.8 Å². The number of benzene rings is 2. The fraction of sp³-hybridized carbons (Fsp3) is 0.200. The van der Waals surface area contributed by atoms with E-state index >= 15 is 0 Å². The standard InChI is InChI=1S/C25H23N5O2S/c1-2-32-21-9-7-20(8-10-21)30-24(19-11-14-26-15-12-19)27-28-25(30)33-17-23(31)29-16-13-18-5-3-4-6-22(18)29/h3-12,14-15H,2,13,16-17H2,1H3. The van der Waals surface area contributed by atoms with E-state index < -0.39 is 0 Å². The molecule has 5 rings (SSSR count). The minimum Gasteiger partial charge on any atom is -0.494 e. The molecule has 3 heterocycles. The van der Waals surface area contributed by atoms with Crippen LogP contribution in [-0.2, 0) is 11.2 Å². The average molecular weight is 458 g/mol. The third-order valence-corrected chi connectivity index (χ3v) is 6.40. The Kier molecular flexibility index (Phi) is 6.08. The fourth-order valence-electron chi connectivity index (χ4n) is 3.94. The topological polar surface area (TPSA) is 73.1 Å². The summed E-state index contributed by atoms with van der Waals surface area (Å²) in [4.78, 5) is 19.0. The third kappa shape index (κ3) is 4.34. The van der Waals surface area contributed by atoms with E-state index in [2.05, 4.69) is 21.2 Å². The summed E-state index contributed by atoms with van der Waals surface area (Å²) in [6, 6.07) is 19.7. The maximum absolute atomic E-state index is 13.0. The molecule has 7 nitrogen and oxygen atoms in total. The first-order valence-corrected chi connectivity index (χ1v) is 11.8. The number of carbonyl (C=O) groups excluding carboxylic acids is 1. The smallest absolute Gasteiger partial charge is 0.237 e. The van der Waals surface area contributed by atoms with Gasteiger partial charge >= 0.3 is 0 Å². The predicted octanol–water partition coefficient (Wildman–Crippen LogP) is 4.41. The van der Waals surface area contributed by atoms with Gasteiger partial charge in [-0.3, -0.25) is 14.3 Å². The number of hydrogen-bond acceptors (Lipinski definition) is 6. The number of para-hydroxylation sites is 1. The Balaban J connectivity index is 1.43. The molecular weight excluding hydrogens is 434 g/mol. The molecule has 8 heteroatoms. The molecule has 0 aliphatic carbocycles. The summed E-state index contributed by atoms with van der Waals surface area (Å²) in [5, 5.41) is 9.52. The Morgan fingerprint density at radius 3 is 2.61 bits per heavy atom. The zero-order valence-electron chi connectivity index (χ0n) is 18.2. The van der Waals surface area contributed by atoms with Gasteiger partial charge in [0, 0.05) is 35.9 Å². The molecule has 0 fully saturated rings. The van der Waals surface area contributed by atoms with Crippen molar-refractivity contribution in [2.45, 2.75) is 18.5 Å². The molecule has 0 N–H and O–H groups in total. The van der Waals surface area contributed by atoms with Crippen molar-refractivity contribution >= 4 is 23.4 Å². The number of nitrogens with zero attached hydrogens (tertiary/aromatic N) is 5. The number of hydrogen-bond donors (Lipinski definition) is 0. The van der Waals surface area contributed by atoms with E-state index in [-0.39, 0.29) is 11.7 Å². The lowest BCUT2D eigenvalue weighted by Gasteiger charge is -2.17. The zero-order valence-corrected chi connectivity index (χ0v) is 19.0. The lowest BCUT2D eigenvalue weighted by atomic mass is 10.2. The Labute approximate surface area is 196 Å². The number of thioether (sulfide) groups is 1. The molecule has 0 spiro atoms. The van der Waals surface area contributed by atoms with Gasteiger partial charge in [-0.2, -0.15) is 0 Å².